The first-order valence-corrected chi connectivity index (χ1v) is 8.83. The Kier molecular flexibility index (Phi) is 4.85. The van der Waals surface area contributed by atoms with Crippen molar-refractivity contribution in [2.75, 3.05) is 11.9 Å². The van der Waals surface area contributed by atoms with E-state index in [2.05, 4.69) is 10.6 Å². The van der Waals surface area contributed by atoms with E-state index >= 15 is 0 Å². The van der Waals surface area contributed by atoms with Crippen LogP contribution in [0.25, 0.3) is 0 Å². The minimum absolute atomic E-state index is 0.287. The molecule has 2 aliphatic rings. The molecule has 2 saturated carbocycles. The predicted molar refractivity (Wildman–Crippen MR) is 95.7 cm³/mol. The van der Waals surface area contributed by atoms with Crippen LogP contribution < -0.4 is 10.6 Å². The van der Waals surface area contributed by atoms with E-state index in [0.29, 0.717) is 23.3 Å². The van der Waals surface area contributed by atoms with E-state index in [0.717, 1.165) is 23.1 Å². The summed E-state index contributed by atoms with van der Waals surface area (Å²) in [4.78, 5) is 11.8. The molecule has 5 heteroatoms. The summed E-state index contributed by atoms with van der Waals surface area (Å²) in [5, 5.41) is 7.41. The van der Waals surface area contributed by atoms with E-state index in [4.69, 9.17) is 17.0 Å². The summed E-state index contributed by atoms with van der Waals surface area (Å²) < 4.78 is 5.02. The Bertz CT molecular complexity index is 617. The molecule has 3 atom stereocenters. The zero-order valence-corrected chi connectivity index (χ0v) is 14.5. The number of hydrogen-bond acceptors (Lipinski definition) is 3. The third-order valence-electron chi connectivity index (χ3n) is 5.04. The molecule has 2 bridgehead atoms. The third kappa shape index (κ3) is 3.66. The molecule has 2 N–H and O–H groups in total. The SMILES string of the molecule is CCOC(=O)c1ccc(NC(=S)N[C@@H]2C[C@H]3CC[C@@H]2C3)c(C)c1. The van der Waals surface area contributed by atoms with Crippen molar-refractivity contribution in [2.45, 2.75) is 45.6 Å². The molecule has 2 aliphatic carbocycles. The lowest BCUT2D eigenvalue weighted by atomic mass is 9.95. The van der Waals surface area contributed by atoms with Gasteiger partial charge in [-0.25, -0.2) is 4.79 Å². The van der Waals surface area contributed by atoms with Gasteiger partial charge in [-0.3, -0.25) is 0 Å². The van der Waals surface area contributed by atoms with E-state index in [1.54, 1.807) is 13.0 Å². The molecule has 0 unspecified atom stereocenters. The maximum Gasteiger partial charge on any atom is 0.338 e. The highest BCUT2D eigenvalue weighted by atomic mass is 32.1. The Morgan fingerprint density at radius 1 is 1.35 bits per heavy atom. The topological polar surface area (TPSA) is 50.4 Å². The largest absolute Gasteiger partial charge is 0.462 e. The Morgan fingerprint density at radius 2 is 2.17 bits per heavy atom. The second-order valence-electron chi connectivity index (χ2n) is 6.63. The van der Waals surface area contributed by atoms with Crippen LogP contribution in [0.3, 0.4) is 0 Å². The maximum absolute atomic E-state index is 11.8. The van der Waals surface area contributed by atoms with E-state index < -0.39 is 0 Å². The molecule has 23 heavy (non-hydrogen) atoms. The second kappa shape index (κ2) is 6.87. The van der Waals surface area contributed by atoms with Crippen molar-refractivity contribution in [1.29, 1.82) is 0 Å². The van der Waals surface area contributed by atoms with Gasteiger partial charge in [-0.15, -0.1) is 0 Å². The number of carbonyl (C=O) groups excluding carboxylic acids is 1. The molecule has 0 aliphatic heterocycles. The number of nitrogens with one attached hydrogen (secondary N) is 2. The number of fused-ring (bicyclic) bond motifs is 2. The van der Waals surface area contributed by atoms with Crippen LogP contribution in [0.15, 0.2) is 18.2 Å². The molecule has 0 spiro atoms. The predicted octanol–water partition coefficient (Wildman–Crippen LogP) is 3.65. The Morgan fingerprint density at radius 3 is 2.78 bits per heavy atom. The Balaban J connectivity index is 1.59. The van der Waals surface area contributed by atoms with Crippen molar-refractivity contribution in [3.63, 3.8) is 0 Å². The Labute approximate surface area is 143 Å². The van der Waals surface area contributed by atoms with Gasteiger partial charge in [0.15, 0.2) is 5.11 Å². The van der Waals surface area contributed by atoms with E-state index in [9.17, 15) is 4.79 Å². The molecule has 0 heterocycles. The fourth-order valence-electron chi connectivity index (χ4n) is 3.89. The third-order valence-corrected chi connectivity index (χ3v) is 5.26. The van der Waals surface area contributed by atoms with Crippen molar-refractivity contribution in [1.82, 2.24) is 5.32 Å². The zero-order chi connectivity index (χ0) is 16.4. The zero-order valence-electron chi connectivity index (χ0n) is 13.7. The Hall–Kier alpha value is -1.62. The molecular formula is C18H24N2O2S. The van der Waals surface area contributed by atoms with Gasteiger partial charge in [0.2, 0.25) is 0 Å². The van der Waals surface area contributed by atoms with Gasteiger partial charge in [0.25, 0.3) is 0 Å². The van der Waals surface area contributed by atoms with Crippen LogP contribution in [0.2, 0.25) is 0 Å². The maximum atomic E-state index is 11.8. The van der Waals surface area contributed by atoms with Crippen LogP contribution in [0.1, 0.15) is 48.5 Å². The van der Waals surface area contributed by atoms with Crippen molar-refractivity contribution >= 4 is 29.0 Å². The van der Waals surface area contributed by atoms with Crippen molar-refractivity contribution < 1.29 is 9.53 Å². The molecule has 0 saturated heterocycles. The van der Waals surface area contributed by atoms with E-state index in [1.807, 2.05) is 19.1 Å². The molecule has 1 aromatic rings. The van der Waals surface area contributed by atoms with E-state index in [1.165, 1.54) is 25.7 Å². The number of thiocarbonyl (C=S) groups is 1. The lowest BCUT2D eigenvalue weighted by molar-refractivity contribution is 0.0526. The van der Waals surface area contributed by atoms with Gasteiger partial charge in [-0.1, -0.05) is 6.42 Å². The van der Waals surface area contributed by atoms with Gasteiger partial charge in [0.05, 0.1) is 12.2 Å². The smallest absolute Gasteiger partial charge is 0.338 e. The molecule has 124 valence electrons. The number of rotatable bonds is 4. The van der Waals surface area contributed by atoms with Crippen LogP contribution >= 0.6 is 12.2 Å². The fraction of sp³-hybridized carbons (Fsp3) is 0.556. The number of anilines is 1. The summed E-state index contributed by atoms with van der Waals surface area (Å²) in [5.41, 5.74) is 2.48. The van der Waals surface area contributed by atoms with Gasteiger partial charge in [0.1, 0.15) is 0 Å². The van der Waals surface area contributed by atoms with Crippen LogP contribution in [-0.2, 0) is 4.74 Å². The van der Waals surface area contributed by atoms with Gasteiger partial charge < -0.3 is 15.4 Å². The van der Waals surface area contributed by atoms with Crippen LogP contribution in [0.4, 0.5) is 5.69 Å². The van der Waals surface area contributed by atoms with Gasteiger partial charge in [-0.2, -0.15) is 0 Å². The minimum atomic E-state index is -0.287. The molecule has 1 aromatic carbocycles. The summed E-state index contributed by atoms with van der Waals surface area (Å²) >= 11 is 5.46. The van der Waals surface area contributed by atoms with Gasteiger partial charge >= 0.3 is 5.97 Å². The van der Waals surface area contributed by atoms with Crippen LogP contribution in [0.5, 0.6) is 0 Å². The summed E-state index contributed by atoms with van der Waals surface area (Å²) in [7, 11) is 0. The number of ether oxygens (including phenoxy) is 1. The molecule has 0 amide bonds. The lowest BCUT2D eigenvalue weighted by Gasteiger charge is -2.25. The highest BCUT2D eigenvalue weighted by molar-refractivity contribution is 7.80. The monoisotopic (exact) mass is 332 g/mol. The summed E-state index contributed by atoms with van der Waals surface area (Å²) in [5.74, 6) is 1.39. The molecule has 0 radical (unpaired) electrons. The van der Waals surface area contributed by atoms with Gasteiger partial charge in [-0.05, 0) is 80.9 Å². The quantitative estimate of drug-likeness (QED) is 0.651. The number of hydrogen-bond donors (Lipinski definition) is 2. The molecule has 0 aromatic heterocycles. The highest BCUT2D eigenvalue weighted by Gasteiger charge is 2.39. The second-order valence-corrected chi connectivity index (χ2v) is 7.04. The molecule has 2 fully saturated rings. The normalized spacial score (nSPS) is 25.2. The number of aryl methyl sites for hydroxylation is 1. The molecule has 3 rings (SSSR count). The lowest BCUT2D eigenvalue weighted by Crippen LogP contribution is -2.40. The number of carbonyl (C=O) groups is 1. The number of esters is 1. The first-order valence-electron chi connectivity index (χ1n) is 8.42. The van der Waals surface area contributed by atoms with Crippen molar-refractivity contribution in [3.8, 4) is 0 Å². The van der Waals surface area contributed by atoms with Gasteiger partial charge in [0, 0.05) is 11.7 Å². The summed E-state index contributed by atoms with van der Waals surface area (Å²) in [6.45, 7) is 4.15. The molecule has 4 nitrogen and oxygen atoms in total. The molecular weight excluding hydrogens is 308 g/mol. The summed E-state index contributed by atoms with van der Waals surface area (Å²) in [6, 6.07) is 6.01. The first-order chi connectivity index (χ1) is 11.1. The van der Waals surface area contributed by atoms with Crippen LogP contribution in [-0.4, -0.2) is 23.7 Å². The average Bonchev–Trinajstić information content (AvgIpc) is 3.12. The number of benzene rings is 1. The highest BCUT2D eigenvalue weighted by Crippen LogP contribution is 2.44. The van der Waals surface area contributed by atoms with E-state index in [-0.39, 0.29) is 5.97 Å². The first kappa shape index (κ1) is 16.2. The van der Waals surface area contributed by atoms with Crippen LogP contribution in [0, 0.1) is 18.8 Å². The fourth-order valence-corrected chi connectivity index (χ4v) is 4.15. The summed E-state index contributed by atoms with van der Waals surface area (Å²) in [6.07, 6.45) is 5.32. The minimum Gasteiger partial charge on any atom is -0.462 e. The standard InChI is InChI=1S/C18H24N2O2S/c1-3-22-17(21)14-6-7-15(11(2)8-14)19-18(23)20-16-10-12-4-5-13(16)9-12/h6-8,12-13,16H,3-5,9-10H2,1-2H3,(H2,19,20,23)/t12-,13+,16+/m0/s1. The van der Waals surface area contributed by atoms with Crippen molar-refractivity contribution in [2.24, 2.45) is 11.8 Å². The average molecular weight is 332 g/mol. The van der Waals surface area contributed by atoms with Crippen molar-refractivity contribution in [3.05, 3.63) is 29.3 Å².